The van der Waals surface area contributed by atoms with Crippen LogP contribution in [0, 0.1) is 0 Å². The van der Waals surface area contributed by atoms with Crippen molar-refractivity contribution in [3.05, 3.63) is 0 Å². The Morgan fingerprint density at radius 3 is 0.929 bits per heavy atom. The second-order valence-electron chi connectivity index (χ2n) is 4.74. The van der Waals surface area contributed by atoms with E-state index < -0.39 is 0 Å². The molecule has 14 heavy (non-hydrogen) atoms. The van der Waals surface area contributed by atoms with Crippen molar-refractivity contribution in [2.75, 3.05) is 26.2 Å². The van der Waals surface area contributed by atoms with E-state index in [2.05, 4.69) is 10.0 Å². The molecule has 2 aliphatic rings. The molecule has 2 heterocycles. The summed E-state index contributed by atoms with van der Waals surface area (Å²) in [4.78, 5) is 0. The van der Waals surface area contributed by atoms with Gasteiger partial charge in [-0.2, -0.15) is 0 Å². The quantitative estimate of drug-likeness (QED) is 0.636. The van der Waals surface area contributed by atoms with Crippen molar-refractivity contribution in [2.24, 2.45) is 0 Å². The molecule has 0 aliphatic carbocycles. The van der Waals surface area contributed by atoms with Crippen LogP contribution in [0.1, 0.15) is 51.4 Å². The first-order valence-electron chi connectivity index (χ1n) is 6.46. The SMILES string of the molecule is C1CCCN(N2CCCCCC2)CC1. The first-order valence-corrected chi connectivity index (χ1v) is 6.46. The van der Waals surface area contributed by atoms with Crippen LogP contribution in [-0.2, 0) is 0 Å². The summed E-state index contributed by atoms with van der Waals surface area (Å²) in [6.07, 6.45) is 11.4. The van der Waals surface area contributed by atoms with Gasteiger partial charge in [-0.15, -0.1) is 0 Å². The summed E-state index contributed by atoms with van der Waals surface area (Å²) < 4.78 is 0. The van der Waals surface area contributed by atoms with Crippen molar-refractivity contribution in [3.8, 4) is 0 Å². The van der Waals surface area contributed by atoms with Gasteiger partial charge in [0, 0.05) is 26.2 Å². The Bertz CT molecular complexity index is 124. The average Bonchev–Trinajstić information content (AvgIpc) is 2.62. The molecule has 0 N–H and O–H groups in total. The second-order valence-corrected chi connectivity index (χ2v) is 4.74. The Hall–Kier alpha value is -0.0800. The van der Waals surface area contributed by atoms with Crippen LogP contribution in [0.2, 0.25) is 0 Å². The van der Waals surface area contributed by atoms with Crippen LogP contribution in [0.5, 0.6) is 0 Å². The Morgan fingerprint density at radius 2 is 0.643 bits per heavy atom. The molecule has 0 aromatic heterocycles. The largest absolute Gasteiger partial charge is 0.242 e. The van der Waals surface area contributed by atoms with Crippen LogP contribution in [0.3, 0.4) is 0 Å². The predicted molar refractivity (Wildman–Crippen MR) is 60.1 cm³/mol. The van der Waals surface area contributed by atoms with Gasteiger partial charge in [0.15, 0.2) is 0 Å². The highest BCUT2D eigenvalue weighted by Gasteiger charge is 2.17. The van der Waals surface area contributed by atoms with E-state index in [0.29, 0.717) is 0 Å². The molecule has 0 atom stereocenters. The van der Waals surface area contributed by atoms with Gasteiger partial charge in [0.2, 0.25) is 0 Å². The Kier molecular flexibility index (Phi) is 4.26. The highest BCUT2D eigenvalue weighted by atomic mass is 15.6. The average molecular weight is 196 g/mol. The lowest BCUT2D eigenvalue weighted by molar-refractivity contribution is -0.0194. The summed E-state index contributed by atoms with van der Waals surface area (Å²) in [6, 6.07) is 0. The van der Waals surface area contributed by atoms with Crippen molar-refractivity contribution in [3.63, 3.8) is 0 Å². The zero-order chi connectivity index (χ0) is 9.64. The minimum absolute atomic E-state index is 1.32. The normalized spacial score (nSPS) is 28.3. The van der Waals surface area contributed by atoms with E-state index in [9.17, 15) is 0 Å². The molecule has 2 rings (SSSR count). The van der Waals surface area contributed by atoms with E-state index in [1.54, 1.807) is 0 Å². The summed E-state index contributed by atoms with van der Waals surface area (Å²) in [6.45, 7) is 5.28. The van der Waals surface area contributed by atoms with Gasteiger partial charge in [-0.05, 0) is 25.7 Å². The number of rotatable bonds is 1. The van der Waals surface area contributed by atoms with Crippen LogP contribution in [0.25, 0.3) is 0 Å². The molecule has 0 radical (unpaired) electrons. The minimum Gasteiger partial charge on any atom is -0.242 e. The minimum atomic E-state index is 1.32. The number of hydrogen-bond donors (Lipinski definition) is 0. The molecule has 82 valence electrons. The van der Waals surface area contributed by atoms with Crippen molar-refractivity contribution in [1.82, 2.24) is 10.0 Å². The molecule has 0 aromatic rings. The van der Waals surface area contributed by atoms with Crippen LogP contribution in [-0.4, -0.2) is 36.2 Å². The molecule has 2 nitrogen and oxygen atoms in total. The monoisotopic (exact) mass is 196 g/mol. The zero-order valence-electron chi connectivity index (χ0n) is 9.38. The molecule has 2 aliphatic heterocycles. The first kappa shape index (κ1) is 10.4. The fourth-order valence-electron chi connectivity index (χ4n) is 2.67. The number of hydrogen-bond acceptors (Lipinski definition) is 2. The Labute approximate surface area is 88.2 Å². The molecular formula is C12H24N2. The molecule has 0 saturated carbocycles. The van der Waals surface area contributed by atoms with Gasteiger partial charge in [0.05, 0.1) is 0 Å². The summed E-state index contributed by atoms with van der Waals surface area (Å²) in [5.74, 6) is 0. The lowest BCUT2D eigenvalue weighted by Gasteiger charge is -2.33. The Morgan fingerprint density at radius 1 is 0.357 bits per heavy atom. The van der Waals surface area contributed by atoms with Crippen LogP contribution in [0.15, 0.2) is 0 Å². The van der Waals surface area contributed by atoms with Gasteiger partial charge in [0.1, 0.15) is 0 Å². The zero-order valence-corrected chi connectivity index (χ0v) is 9.38. The van der Waals surface area contributed by atoms with E-state index in [0.717, 1.165) is 0 Å². The molecule has 2 fully saturated rings. The van der Waals surface area contributed by atoms with Gasteiger partial charge < -0.3 is 0 Å². The van der Waals surface area contributed by atoms with Crippen LogP contribution < -0.4 is 0 Å². The van der Waals surface area contributed by atoms with E-state index in [-0.39, 0.29) is 0 Å². The molecule has 2 heteroatoms. The number of nitrogens with zero attached hydrogens (tertiary/aromatic N) is 2. The fourth-order valence-corrected chi connectivity index (χ4v) is 2.67. The van der Waals surface area contributed by atoms with E-state index in [4.69, 9.17) is 0 Å². The van der Waals surface area contributed by atoms with E-state index in [1.165, 1.54) is 77.5 Å². The maximum absolute atomic E-state index is 2.64. The van der Waals surface area contributed by atoms with Crippen molar-refractivity contribution >= 4 is 0 Å². The molecule has 0 aromatic carbocycles. The van der Waals surface area contributed by atoms with Crippen LogP contribution >= 0.6 is 0 Å². The van der Waals surface area contributed by atoms with Crippen molar-refractivity contribution in [1.29, 1.82) is 0 Å². The van der Waals surface area contributed by atoms with Crippen LogP contribution in [0.4, 0.5) is 0 Å². The van der Waals surface area contributed by atoms with Gasteiger partial charge >= 0.3 is 0 Å². The molecule has 2 saturated heterocycles. The second kappa shape index (κ2) is 5.72. The number of hydrazine groups is 1. The Balaban J connectivity index is 1.83. The van der Waals surface area contributed by atoms with Crippen molar-refractivity contribution < 1.29 is 0 Å². The maximum Gasteiger partial charge on any atom is 0.0133 e. The molecule has 0 amide bonds. The third-order valence-corrected chi connectivity index (χ3v) is 3.56. The molecular weight excluding hydrogens is 172 g/mol. The summed E-state index contributed by atoms with van der Waals surface area (Å²) in [5.41, 5.74) is 0. The summed E-state index contributed by atoms with van der Waals surface area (Å²) in [5, 5.41) is 5.27. The van der Waals surface area contributed by atoms with Gasteiger partial charge in [-0.1, -0.05) is 25.7 Å². The van der Waals surface area contributed by atoms with Gasteiger partial charge in [-0.3, -0.25) is 0 Å². The highest BCUT2D eigenvalue weighted by molar-refractivity contribution is 4.66. The van der Waals surface area contributed by atoms with E-state index >= 15 is 0 Å². The van der Waals surface area contributed by atoms with Gasteiger partial charge in [0.25, 0.3) is 0 Å². The standard InChI is InChI=1S/C12H24N2/c1-2-6-10-13(9-5-1)14-11-7-3-4-8-12-14/h1-12H2. The third-order valence-electron chi connectivity index (χ3n) is 3.56. The first-order chi connectivity index (χ1) is 6.97. The summed E-state index contributed by atoms with van der Waals surface area (Å²) >= 11 is 0. The lowest BCUT2D eigenvalue weighted by Crippen LogP contribution is -2.43. The van der Waals surface area contributed by atoms with Gasteiger partial charge in [-0.25, -0.2) is 10.0 Å². The molecule has 0 bridgehead atoms. The highest BCUT2D eigenvalue weighted by Crippen LogP contribution is 2.16. The topological polar surface area (TPSA) is 6.48 Å². The summed E-state index contributed by atoms with van der Waals surface area (Å²) in [7, 11) is 0. The predicted octanol–water partition coefficient (Wildman–Crippen LogP) is 2.65. The lowest BCUT2D eigenvalue weighted by atomic mass is 10.2. The molecule has 0 spiro atoms. The smallest absolute Gasteiger partial charge is 0.0133 e. The third kappa shape index (κ3) is 2.96. The maximum atomic E-state index is 2.64. The van der Waals surface area contributed by atoms with Crippen molar-refractivity contribution in [2.45, 2.75) is 51.4 Å². The molecule has 0 unspecified atom stereocenters. The van der Waals surface area contributed by atoms with E-state index in [1.807, 2.05) is 0 Å². The fraction of sp³-hybridized carbons (Fsp3) is 1.00.